The summed E-state index contributed by atoms with van der Waals surface area (Å²) in [6.45, 7) is 6.86. The molecule has 1 saturated heterocycles. The van der Waals surface area contributed by atoms with Gasteiger partial charge in [-0.15, -0.1) is 0 Å². The van der Waals surface area contributed by atoms with Crippen molar-refractivity contribution in [3.8, 4) is 0 Å². The number of carbonyl (C=O) groups is 1. The number of hydrogen-bond donors (Lipinski definition) is 3. The van der Waals surface area contributed by atoms with Gasteiger partial charge in [-0.25, -0.2) is 4.79 Å². The van der Waals surface area contributed by atoms with Gasteiger partial charge in [0.15, 0.2) is 0 Å². The van der Waals surface area contributed by atoms with Crippen molar-refractivity contribution in [2.24, 2.45) is 5.41 Å². The minimum Gasteiger partial charge on any atom is -0.361 e. The Kier molecular flexibility index (Phi) is 4.38. The lowest BCUT2D eigenvalue weighted by molar-refractivity contribution is 0.233. The van der Waals surface area contributed by atoms with E-state index in [0.29, 0.717) is 6.54 Å². The third-order valence-corrected chi connectivity index (χ3v) is 4.68. The number of aryl methyl sites for hydroxylation is 1. The van der Waals surface area contributed by atoms with Gasteiger partial charge in [-0.1, -0.05) is 19.0 Å². The number of aromatic nitrogens is 1. The molecule has 0 spiro atoms. The summed E-state index contributed by atoms with van der Waals surface area (Å²) in [4.78, 5) is 12.0. The fourth-order valence-electron chi connectivity index (χ4n) is 3.31. The number of nitrogens with one attached hydrogen (secondary N) is 3. The first-order valence-corrected chi connectivity index (χ1v) is 8.25. The molecule has 3 rings (SSSR count). The zero-order valence-corrected chi connectivity index (χ0v) is 13.5. The molecule has 1 aliphatic carbocycles. The molecule has 1 aromatic rings. The second kappa shape index (κ2) is 6.28. The molecule has 0 radical (unpaired) electrons. The lowest BCUT2D eigenvalue weighted by Crippen LogP contribution is -2.49. The standard InChI is InChI=1S/C16H26N4O2/c1-16(2)6-5-14-12(8-16)13(20-22-14)10-18-15(21)19-11-4-3-7-17-9-11/h11,17H,3-10H2,1-2H3,(H2,18,19,21)/t11-/m0/s1. The van der Waals surface area contributed by atoms with Crippen LogP contribution in [0.25, 0.3) is 0 Å². The summed E-state index contributed by atoms with van der Waals surface area (Å²) in [6.07, 6.45) is 5.17. The van der Waals surface area contributed by atoms with E-state index in [-0.39, 0.29) is 17.5 Å². The highest BCUT2D eigenvalue weighted by molar-refractivity contribution is 5.74. The van der Waals surface area contributed by atoms with Crippen molar-refractivity contribution in [1.82, 2.24) is 21.1 Å². The molecule has 1 atom stereocenters. The smallest absolute Gasteiger partial charge is 0.315 e. The molecule has 0 unspecified atom stereocenters. The molecule has 1 aromatic heterocycles. The van der Waals surface area contributed by atoms with Crippen molar-refractivity contribution in [3.05, 3.63) is 17.0 Å². The van der Waals surface area contributed by atoms with Gasteiger partial charge in [0.2, 0.25) is 0 Å². The number of carbonyl (C=O) groups excluding carboxylic acids is 1. The van der Waals surface area contributed by atoms with Gasteiger partial charge in [0, 0.05) is 24.6 Å². The Bertz CT molecular complexity index is 532. The first-order chi connectivity index (χ1) is 10.5. The van der Waals surface area contributed by atoms with Crippen molar-refractivity contribution >= 4 is 6.03 Å². The quantitative estimate of drug-likeness (QED) is 0.795. The number of urea groups is 1. The number of rotatable bonds is 3. The van der Waals surface area contributed by atoms with E-state index >= 15 is 0 Å². The summed E-state index contributed by atoms with van der Waals surface area (Å²) in [7, 11) is 0. The molecule has 6 nitrogen and oxygen atoms in total. The van der Waals surface area contributed by atoms with Crippen molar-refractivity contribution in [2.75, 3.05) is 13.1 Å². The van der Waals surface area contributed by atoms with E-state index in [1.54, 1.807) is 0 Å². The highest BCUT2D eigenvalue weighted by Crippen LogP contribution is 2.36. The normalized spacial score (nSPS) is 23.6. The summed E-state index contributed by atoms with van der Waals surface area (Å²) in [5.41, 5.74) is 2.35. The molecule has 3 N–H and O–H groups in total. The Morgan fingerprint density at radius 1 is 1.50 bits per heavy atom. The molecule has 1 fully saturated rings. The highest BCUT2D eigenvalue weighted by atomic mass is 16.5. The monoisotopic (exact) mass is 306 g/mol. The first kappa shape index (κ1) is 15.3. The second-order valence-electron chi connectivity index (χ2n) is 7.24. The van der Waals surface area contributed by atoms with Crippen LogP contribution in [0.3, 0.4) is 0 Å². The molecule has 0 aromatic carbocycles. The Morgan fingerprint density at radius 3 is 3.14 bits per heavy atom. The average Bonchev–Trinajstić information content (AvgIpc) is 2.87. The largest absolute Gasteiger partial charge is 0.361 e. The maximum Gasteiger partial charge on any atom is 0.315 e. The van der Waals surface area contributed by atoms with Gasteiger partial charge >= 0.3 is 6.03 Å². The van der Waals surface area contributed by atoms with Crippen LogP contribution in [0.1, 0.15) is 50.1 Å². The van der Waals surface area contributed by atoms with E-state index < -0.39 is 0 Å². The number of nitrogens with zero attached hydrogens (tertiary/aromatic N) is 1. The Balaban J connectivity index is 1.53. The third kappa shape index (κ3) is 3.61. The molecule has 22 heavy (non-hydrogen) atoms. The highest BCUT2D eigenvalue weighted by Gasteiger charge is 2.30. The summed E-state index contributed by atoms with van der Waals surface area (Å²) in [5, 5.41) is 13.4. The van der Waals surface area contributed by atoms with Gasteiger partial charge in [0.05, 0.1) is 6.54 Å². The van der Waals surface area contributed by atoms with Crippen LogP contribution in [-0.4, -0.2) is 30.3 Å². The number of amides is 2. The number of fused-ring (bicyclic) bond motifs is 1. The Hall–Kier alpha value is -1.56. The van der Waals surface area contributed by atoms with Gasteiger partial charge < -0.3 is 20.5 Å². The van der Waals surface area contributed by atoms with Crippen LogP contribution >= 0.6 is 0 Å². The van der Waals surface area contributed by atoms with Crippen LogP contribution in [0.15, 0.2) is 4.52 Å². The summed E-state index contributed by atoms with van der Waals surface area (Å²) >= 11 is 0. The van der Waals surface area contributed by atoms with E-state index in [1.165, 1.54) is 5.56 Å². The third-order valence-electron chi connectivity index (χ3n) is 4.68. The van der Waals surface area contributed by atoms with Gasteiger partial charge in [0.1, 0.15) is 11.5 Å². The van der Waals surface area contributed by atoms with Gasteiger partial charge in [-0.3, -0.25) is 0 Å². The molecule has 0 bridgehead atoms. The maximum absolute atomic E-state index is 12.0. The molecule has 2 amide bonds. The van der Waals surface area contributed by atoms with Crippen LogP contribution in [0, 0.1) is 5.41 Å². The molecule has 2 aliphatic rings. The van der Waals surface area contributed by atoms with Crippen molar-refractivity contribution in [3.63, 3.8) is 0 Å². The Labute approximate surface area is 131 Å². The van der Waals surface area contributed by atoms with E-state index in [4.69, 9.17) is 4.52 Å². The van der Waals surface area contributed by atoms with E-state index in [9.17, 15) is 4.79 Å². The molecule has 6 heteroatoms. The fourth-order valence-corrected chi connectivity index (χ4v) is 3.31. The fraction of sp³-hybridized carbons (Fsp3) is 0.750. The molecule has 1 aliphatic heterocycles. The van der Waals surface area contributed by atoms with Gasteiger partial charge in [-0.2, -0.15) is 0 Å². The van der Waals surface area contributed by atoms with Crippen LogP contribution in [-0.2, 0) is 19.4 Å². The zero-order chi connectivity index (χ0) is 15.6. The summed E-state index contributed by atoms with van der Waals surface area (Å²) in [5.74, 6) is 0.994. The van der Waals surface area contributed by atoms with Crippen molar-refractivity contribution < 1.29 is 9.32 Å². The van der Waals surface area contributed by atoms with Crippen molar-refractivity contribution in [2.45, 2.75) is 58.5 Å². The second-order valence-corrected chi connectivity index (χ2v) is 7.24. The number of piperidine rings is 1. The van der Waals surface area contributed by atoms with E-state index in [0.717, 1.165) is 56.6 Å². The predicted molar refractivity (Wildman–Crippen MR) is 83.6 cm³/mol. The molecular weight excluding hydrogens is 280 g/mol. The molecular formula is C16H26N4O2. The first-order valence-electron chi connectivity index (χ1n) is 8.25. The predicted octanol–water partition coefficient (Wildman–Crippen LogP) is 1.74. The van der Waals surface area contributed by atoms with E-state index in [1.807, 2.05) is 0 Å². The Morgan fingerprint density at radius 2 is 2.36 bits per heavy atom. The molecule has 0 saturated carbocycles. The average molecular weight is 306 g/mol. The maximum atomic E-state index is 12.0. The SMILES string of the molecule is CC1(C)CCc2onc(CNC(=O)N[C@H]3CCCNC3)c2C1. The number of hydrogen-bond acceptors (Lipinski definition) is 4. The minimum absolute atomic E-state index is 0.125. The zero-order valence-electron chi connectivity index (χ0n) is 13.5. The summed E-state index contributed by atoms with van der Waals surface area (Å²) in [6, 6.07) is 0.0967. The lowest BCUT2D eigenvalue weighted by atomic mass is 9.76. The van der Waals surface area contributed by atoms with Crippen molar-refractivity contribution in [1.29, 1.82) is 0 Å². The minimum atomic E-state index is -0.125. The van der Waals surface area contributed by atoms with Crippen LogP contribution in [0.5, 0.6) is 0 Å². The topological polar surface area (TPSA) is 79.2 Å². The van der Waals surface area contributed by atoms with Crippen LogP contribution in [0.4, 0.5) is 4.79 Å². The lowest BCUT2D eigenvalue weighted by Gasteiger charge is -2.28. The van der Waals surface area contributed by atoms with E-state index in [2.05, 4.69) is 35.0 Å². The van der Waals surface area contributed by atoms with Gasteiger partial charge in [0.25, 0.3) is 0 Å². The summed E-state index contributed by atoms with van der Waals surface area (Å²) < 4.78 is 5.43. The van der Waals surface area contributed by atoms with Gasteiger partial charge in [-0.05, 0) is 37.6 Å². The van der Waals surface area contributed by atoms with Crippen LogP contribution in [0.2, 0.25) is 0 Å². The van der Waals surface area contributed by atoms with Crippen LogP contribution < -0.4 is 16.0 Å². The molecule has 2 heterocycles. The molecule has 122 valence electrons.